The van der Waals surface area contributed by atoms with Crippen molar-refractivity contribution in [1.82, 2.24) is 0 Å². The summed E-state index contributed by atoms with van der Waals surface area (Å²) in [6.45, 7) is 4.17. The van der Waals surface area contributed by atoms with Crippen LogP contribution in [0.5, 0.6) is 11.5 Å². The average molecular weight is 331 g/mol. The van der Waals surface area contributed by atoms with Gasteiger partial charge in [0.1, 0.15) is 16.5 Å². The first kappa shape index (κ1) is 15.5. The van der Waals surface area contributed by atoms with Gasteiger partial charge in [-0.25, -0.2) is 0 Å². The highest BCUT2D eigenvalue weighted by molar-refractivity contribution is 7.12. The summed E-state index contributed by atoms with van der Waals surface area (Å²) in [5, 5.41) is 0.161. The van der Waals surface area contributed by atoms with Crippen molar-refractivity contribution in [2.24, 2.45) is 0 Å². The molecule has 0 saturated heterocycles. The first-order valence-electron chi connectivity index (χ1n) is 6.11. The van der Waals surface area contributed by atoms with Gasteiger partial charge in [-0.2, -0.15) is 0 Å². The minimum Gasteiger partial charge on any atom is -0.495 e. The molecular formula is C15H16Cl2O2S. The van der Waals surface area contributed by atoms with E-state index in [1.807, 2.05) is 12.1 Å². The molecule has 1 atom stereocenters. The Labute approximate surface area is 133 Å². The van der Waals surface area contributed by atoms with E-state index in [2.05, 4.69) is 19.9 Å². The van der Waals surface area contributed by atoms with Gasteiger partial charge in [0.25, 0.3) is 0 Å². The van der Waals surface area contributed by atoms with Crippen LogP contribution in [0.1, 0.15) is 26.3 Å². The Morgan fingerprint density at radius 2 is 1.85 bits per heavy atom. The summed E-state index contributed by atoms with van der Waals surface area (Å²) in [5.41, 5.74) is 2.09. The maximum atomic E-state index is 6.60. The first-order valence-corrected chi connectivity index (χ1v) is 7.74. The van der Waals surface area contributed by atoms with Crippen molar-refractivity contribution in [3.63, 3.8) is 0 Å². The van der Waals surface area contributed by atoms with Gasteiger partial charge in [-0.15, -0.1) is 22.9 Å². The van der Waals surface area contributed by atoms with Gasteiger partial charge in [-0.05, 0) is 37.6 Å². The second-order valence-electron chi connectivity index (χ2n) is 4.45. The van der Waals surface area contributed by atoms with E-state index in [4.69, 9.17) is 32.7 Å². The lowest BCUT2D eigenvalue weighted by molar-refractivity contribution is 0.392. The normalized spacial score (nSPS) is 12.3. The van der Waals surface area contributed by atoms with Crippen LogP contribution in [0.4, 0.5) is 0 Å². The van der Waals surface area contributed by atoms with Gasteiger partial charge < -0.3 is 9.47 Å². The first-order chi connectivity index (χ1) is 9.49. The summed E-state index contributed by atoms with van der Waals surface area (Å²) < 4.78 is 10.6. The topological polar surface area (TPSA) is 18.5 Å². The molecule has 0 spiro atoms. The molecule has 5 heteroatoms. The van der Waals surface area contributed by atoms with E-state index in [1.165, 1.54) is 10.4 Å². The van der Waals surface area contributed by atoms with Crippen molar-refractivity contribution < 1.29 is 9.47 Å². The van der Waals surface area contributed by atoms with E-state index >= 15 is 0 Å². The van der Waals surface area contributed by atoms with Crippen LogP contribution in [0.3, 0.4) is 0 Å². The minimum atomic E-state index is -0.286. The number of alkyl halides is 1. The molecule has 0 aliphatic rings. The van der Waals surface area contributed by atoms with Crippen molar-refractivity contribution in [1.29, 1.82) is 0 Å². The number of halogens is 2. The summed E-state index contributed by atoms with van der Waals surface area (Å²) >= 11 is 14.6. The highest BCUT2D eigenvalue weighted by Gasteiger charge is 2.22. The molecule has 0 bridgehead atoms. The second-order valence-corrected chi connectivity index (χ2v) is 6.56. The molecule has 0 amide bonds. The SMILES string of the molecule is COc1ccc(C(Cl)c2cc(C)c(C)s2)c(OC)c1Cl. The number of hydrogen-bond donors (Lipinski definition) is 0. The molecule has 20 heavy (non-hydrogen) atoms. The standard InChI is InChI=1S/C15H16Cl2O2S/c1-8-7-12(20-9(8)2)13(16)10-5-6-11(18-3)14(17)15(10)19-4/h5-7,13H,1-4H3. The Hall–Kier alpha value is -0.900. The molecule has 1 aromatic heterocycles. The lowest BCUT2D eigenvalue weighted by atomic mass is 10.1. The molecule has 0 N–H and O–H groups in total. The van der Waals surface area contributed by atoms with Gasteiger partial charge in [0, 0.05) is 15.3 Å². The van der Waals surface area contributed by atoms with Crippen LogP contribution in [-0.4, -0.2) is 14.2 Å². The summed E-state index contributed by atoms with van der Waals surface area (Å²) in [4.78, 5) is 2.35. The second kappa shape index (κ2) is 6.25. The number of aryl methyl sites for hydroxylation is 2. The quantitative estimate of drug-likeness (QED) is 0.702. The third kappa shape index (κ3) is 2.76. The van der Waals surface area contributed by atoms with Crippen molar-refractivity contribution in [2.45, 2.75) is 19.2 Å². The van der Waals surface area contributed by atoms with Crippen LogP contribution >= 0.6 is 34.5 Å². The maximum absolute atomic E-state index is 6.60. The smallest absolute Gasteiger partial charge is 0.146 e. The van der Waals surface area contributed by atoms with Gasteiger partial charge in [0.05, 0.1) is 19.6 Å². The summed E-state index contributed by atoms with van der Waals surface area (Å²) in [6, 6.07) is 5.81. The van der Waals surface area contributed by atoms with Crippen LogP contribution in [0.15, 0.2) is 18.2 Å². The van der Waals surface area contributed by atoms with Crippen molar-refractivity contribution >= 4 is 34.5 Å². The highest BCUT2D eigenvalue weighted by Crippen LogP contribution is 2.45. The summed E-state index contributed by atoms with van der Waals surface area (Å²) in [6.07, 6.45) is 0. The van der Waals surface area contributed by atoms with Gasteiger partial charge in [-0.3, -0.25) is 0 Å². The Bertz CT molecular complexity index is 603. The lowest BCUT2D eigenvalue weighted by Crippen LogP contribution is -1.98. The molecule has 0 saturated carbocycles. The van der Waals surface area contributed by atoms with E-state index in [1.54, 1.807) is 25.6 Å². The van der Waals surface area contributed by atoms with Gasteiger partial charge in [0.15, 0.2) is 0 Å². The van der Waals surface area contributed by atoms with Crippen molar-refractivity contribution in [3.05, 3.63) is 44.1 Å². The van der Waals surface area contributed by atoms with Crippen LogP contribution < -0.4 is 9.47 Å². The summed E-state index contributed by atoms with van der Waals surface area (Å²) in [7, 11) is 3.16. The molecule has 2 rings (SSSR count). The molecule has 1 heterocycles. The van der Waals surface area contributed by atoms with E-state index in [0.717, 1.165) is 10.4 Å². The zero-order chi connectivity index (χ0) is 14.9. The number of methoxy groups -OCH3 is 2. The highest BCUT2D eigenvalue weighted by atomic mass is 35.5. The van der Waals surface area contributed by atoms with Crippen LogP contribution in [0, 0.1) is 13.8 Å². The number of benzene rings is 1. The molecule has 0 radical (unpaired) electrons. The fraction of sp³-hybridized carbons (Fsp3) is 0.333. The lowest BCUT2D eigenvalue weighted by Gasteiger charge is -2.16. The van der Waals surface area contributed by atoms with Gasteiger partial charge in [-0.1, -0.05) is 11.6 Å². The van der Waals surface area contributed by atoms with E-state index < -0.39 is 0 Å². The Morgan fingerprint density at radius 1 is 1.15 bits per heavy atom. The molecular weight excluding hydrogens is 315 g/mol. The zero-order valence-corrected chi connectivity index (χ0v) is 14.1. The number of ether oxygens (including phenoxy) is 2. The molecule has 1 aromatic carbocycles. The Morgan fingerprint density at radius 3 is 2.35 bits per heavy atom. The van der Waals surface area contributed by atoms with Crippen LogP contribution in [-0.2, 0) is 0 Å². The Balaban J connectivity index is 2.49. The molecule has 0 aliphatic carbocycles. The zero-order valence-electron chi connectivity index (χ0n) is 11.8. The van der Waals surface area contributed by atoms with E-state index in [9.17, 15) is 0 Å². The fourth-order valence-corrected chi connectivity index (χ4v) is 3.73. The maximum Gasteiger partial charge on any atom is 0.146 e. The largest absolute Gasteiger partial charge is 0.495 e. The summed E-state index contributed by atoms with van der Waals surface area (Å²) in [5.74, 6) is 1.14. The number of rotatable bonds is 4. The predicted molar refractivity (Wildman–Crippen MR) is 86.0 cm³/mol. The third-order valence-corrected chi connectivity index (χ3v) is 5.40. The minimum absolute atomic E-state index is 0.286. The van der Waals surface area contributed by atoms with E-state index in [0.29, 0.717) is 16.5 Å². The molecule has 0 aliphatic heterocycles. The molecule has 1 unspecified atom stereocenters. The molecule has 2 aromatic rings. The van der Waals surface area contributed by atoms with Crippen molar-refractivity contribution in [3.8, 4) is 11.5 Å². The number of thiophene rings is 1. The Kier molecular flexibility index (Phi) is 4.84. The average Bonchev–Trinajstić information content (AvgIpc) is 2.77. The monoisotopic (exact) mass is 330 g/mol. The molecule has 2 nitrogen and oxygen atoms in total. The fourth-order valence-electron chi connectivity index (χ4n) is 2.00. The number of hydrogen-bond acceptors (Lipinski definition) is 3. The van der Waals surface area contributed by atoms with Gasteiger partial charge >= 0.3 is 0 Å². The molecule has 0 fully saturated rings. The van der Waals surface area contributed by atoms with Crippen molar-refractivity contribution in [2.75, 3.05) is 14.2 Å². The predicted octanol–water partition coefficient (Wildman–Crippen LogP) is 5.36. The van der Waals surface area contributed by atoms with E-state index in [-0.39, 0.29) is 5.38 Å². The van der Waals surface area contributed by atoms with Gasteiger partial charge in [0.2, 0.25) is 0 Å². The van der Waals surface area contributed by atoms with Crippen LogP contribution in [0.25, 0.3) is 0 Å². The molecule has 108 valence electrons. The van der Waals surface area contributed by atoms with Crippen LogP contribution in [0.2, 0.25) is 5.02 Å². The third-order valence-electron chi connectivity index (χ3n) is 3.22.